The fraction of sp³-hybridized carbons (Fsp3) is 0.852. The van der Waals surface area contributed by atoms with E-state index in [9.17, 15) is 19.4 Å². The standard InChI is InChI=1S/C61H117N2O6P/c1-6-8-10-12-14-16-18-20-22-24-26-28-30-31-33-35-37-39-41-43-45-47-49-51-53-55-61(65)62-59(58-69-70(66,67)68-57-56-63(3,4)5)60(64)54-52-50-48-46-44-42-40-38-36-34-32-29-27-25-23-21-19-17-15-13-11-9-7-2/h31,33,36,38,44,46,52,54,59-60,64H,6-30,32,34-35,37,39-43,45,47-51,53,55-58H2,1-5H3,(H-,62,65,66,67)/b33-31-,38-36+,46-44+,54-52+. The van der Waals surface area contributed by atoms with Gasteiger partial charge in [0.05, 0.1) is 39.9 Å². The Hall–Kier alpha value is -1.54. The maximum atomic E-state index is 13.0. The molecule has 0 heterocycles. The lowest BCUT2D eigenvalue weighted by Crippen LogP contribution is -2.45. The Labute approximate surface area is 435 Å². The molecule has 412 valence electrons. The maximum Gasteiger partial charge on any atom is 0.268 e. The smallest absolute Gasteiger partial charge is 0.268 e. The van der Waals surface area contributed by atoms with Gasteiger partial charge in [-0.05, 0) is 70.6 Å². The SMILES string of the molecule is CCCCCCCCCCCCCC/C=C\CCCCCCCCCCCC(=O)NC(COP(=O)([O-])OCC[N+](C)(C)C)C(O)/C=C/CC/C=C/CC/C=C/CCCCCCCCCCCCCCC. The summed E-state index contributed by atoms with van der Waals surface area (Å²) < 4.78 is 23.3. The van der Waals surface area contributed by atoms with Gasteiger partial charge in [0.15, 0.2) is 0 Å². The number of phosphoric acid groups is 1. The number of likely N-dealkylation sites (N-methyl/N-ethyl adjacent to an activating group) is 1. The third kappa shape index (κ3) is 54.2. The Morgan fingerprint density at radius 3 is 1.16 bits per heavy atom. The second-order valence-electron chi connectivity index (χ2n) is 21.7. The molecule has 0 aliphatic rings. The first-order valence-corrected chi connectivity index (χ1v) is 31.5. The maximum absolute atomic E-state index is 13.0. The number of rotatable bonds is 55. The highest BCUT2D eigenvalue weighted by atomic mass is 31.2. The Morgan fingerprint density at radius 1 is 0.486 bits per heavy atom. The van der Waals surface area contributed by atoms with Gasteiger partial charge in [-0.2, -0.15) is 0 Å². The molecule has 0 bridgehead atoms. The number of phosphoric ester groups is 1. The first kappa shape index (κ1) is 68.5. The Morgan fingerprint density at radius 2 is 0.800 bits per heavy atom. The molecule has 0 aromatic carbocycles. The largest absolute Gasteiger partial charge is 0.756 e. The summed E-state index contributed by atoms with van der Waals surface area (Å²) in [5, 5.41) is 13.9. The van der Waals surface area contributed by atoms with Crippen molar-refractivity contribution in [1.29, 1.82) is 0 Å². The molecule has 0 fully saturated rings. The molecule has 3 unspecified atom stereocenters. The fourth-order valence-electron chi connectivity index (χ4n) is 8.77. The topological polar surface area (TPSA) is 108 Å². The van der Waals surface area contributed by atoms with Crippen LogP contribution in [-0.4, -0.2) is 68.5 Å². The van der Waals surface area contributed by atoms with Crippen LogP contribution in [0.25, 0.3) is 0 Å². The molecule has 0 saturated heterocycles. The molecule has 0 aromatic heterocycles. The summed E-state index contributed by atoms with van der Waals surface area (Å²) in [5.41, 5.74) is 0. The highest BCUT2D eigenvalue weighted by molar-refractivity contribution is 7.45. The van der Waals surface area contributed by atoms with Gasteiger partial charge in [0.2, 0.25) is 5.91 Å². The van der Waals surface area contributed by atoms with Crippen molar-refractivity contribution in [1.82, 2.24) is 5.32 Å². The highest BCUT2D eigenvalue weighted by Crippen LogP contribution is 2.38. The molecule has 1 amide bonds. The summed E-state index contributed by atoms with van der Waals surface area (Å²) in [4.78, 5) is 25.5. The number of carbonyl (C=O) groups is 1. The summed E-state index contributed by atoms with van der Waals surface area (Å²) in [6, 6.07) is -0.912. The Balaban J connectivity index is 4.25. The number of hydrogen-bond acceptors (Lipinski definition) is 6. The minimum atomic E-state index is -4.61. The molecule has 0 spiro atoms. The first-order valence-electron chi connectivity index (χ1n) is 30.0. The average Bonchev–Trinajstić information content (AvgIpc) is 3.32. The van der Waals surface area contributed by atoms with E-state index in [-0.39, 0.29) is 12.5 Å². The van der Waals surface area contributed by atoms with Gasteiger partial charge in [-0.15, -0.1) is 0 Å². The zero-order valence-electron chi connectivity index (χ0n) is 47.0. The fourth-order valence-corrected chi connectivity index (χ4v) is 9.49. The van der Waals surface area contributed by atoms with E-state index in [1.807, 2.05) is 27.2 Å². The second-order valence-corrected chi connectivity index (χ2v) is 23.1. The molecular formula is C61H117N2O6P. The van der Waals surface area contributed by atoms with E-state index in [1.165, 1.54) is 218 Å². The molecule has 0 aromatic rings. The van der Waals surface area contributed by atoms with Crippen LogP contribution in [0.2, 0.25) is 0 Å². The molecule has 2 N–H and O–H groups in total. The molecule has 70 heavy (non-hydrogen) atoms. The molecular weight excluding hydrogens is 888 g/mol. The number of allylic oxidation sites excluding steroid dienone is 7. The van der Waals surface area contributed by atoms with Crippen molar-refractivity contribution in [2.75, 3.05) is 40.9 Å². The molecule has 0 radical (unpaired) electrons. The third-order valence-corrected chi connectivity index (χ3v) is 14.5. The van der Waals surface area contributed by atoms with E-state index < -0.39 is 26.6 Å². The van der Waals surface area contributed by atoms with Gasteiger partial charge in [0, 0.05) is 6.42 Å². The van der Waals surface area contributed by atoms with Crippen molar-refractivity contribution in [3.63, 3.8) is 0 Å². The number of quaternary nitrogens is 1. The van der Waals surface area contributed by atoms with Crippen molar-refractivity contribution in [2.45, 2.75) is 296 Å². The molecule has 0 saturated carbocycles. The van der Waals surface area contributed by atoms with Gasteiger partial charge in [-0.25, -0.2) is 0 Å². The van der Waals surface area contributed by atoms with E-state index in [0.29, 0.717) is 17.4 Å². The minimum absolute atomic E-state index is 0.00966. The predicted octanol–water partition coefficient (Wildman–Crippen LogP) is 17.7. The number of carbonyl (C=O) groups excluding carboxylic acids is 1. The minimum Gasteiger partial charge on any atom is -0.756 e. The zero-order chi connectivity index (χ0) is 51.3. The molecule has 8 nitrogen and oxygen atoms in total. The van der Waals surface area contributed by atoms with Gasteiger partial charge < -0.3 is 28.8 Å². The van der Waals surface area contributed by atoms with Crippen molar-refractivity contribution < 1.29 is 32.9 Å². The van der Waals surface area contributed by atoms with Crippen LogP contribution >= 0.6 is 7.82 Å². The summed E-state index contributed by atoms with van der Waals surface area (Å²) in [7, 11) is 1.24. The monoisotopic (exact) mass is 1000 g/mol. The van der Waals surface area contributed by atoms with Crippen molar-refractivity contribution in [3.8, 4) is 0 Å². The lowest BCUT2D eigenvalue weighted by Gasteiger charge is -2.29. The average molecular weight is 1010 g/mol. The van der Waals surface area contributed by atoms with Gasteiger partial charge in [0.1, 0.15) is 13.2 Å². The lowest BCUT2D eigenvalue weighted by molar-refractivity contribution is -0.870. The van der Waals surface area contributed by atoms with Crippen molar-refractivity contribution in [3.05, 3.63) is 48.6 Å². The van der Waals surface area contributed by atoms with Crippen LogP contribution in [0.1, 0.15) is 284 Å². The first-order chi connectivity index (χ1) is 34.0. The molecule has 0 aliphatic heterocycles. The van der Waals surface area contributed by atoms with E-state index in [4.69, 9.17) is 9.05 Å². The Bertz CT molecular complexity index is 1280. The van der Waals surface area contributed by atoms with Crippen LogP contribution in [-0.2, 0) is 18.4 Å². The van der Waals surface area contributed by atoms with Crippen LogP contribution in [0.5, 0.6) is 0 Å². The predicted molar refractivity (Wildman–Crippen MR) is 302 cm³/mol. The number of nitrogens with zero attached hydrogens (tertiary/aromatic N) is 1. The van der Waals surface area contributed by atoms with Crippen LogP contribution in [0.3, 0.4) is 0 Å². The molecule has 9 heteroatoms. The summed E-state index contributed by atoms with van der Waals surface area (Å²) in [6.45, 7) is 4.65. The van der Waals surface area contributed by atoms with Crippen LogP contribution < -0.4 is 10.2 Å². The second kappa shape index (κ2) is 52.3. The quantitative estimate of drug-likeness (QED) is 0.0272. The van der Waals surface area contributed by atoms with Crippen LogP contribution in [0, 0.1) is 0 Å². The number of amides is 1. The number of aliphatic hydroxyl groups is 1. The van der Waals surface area contributed by atoms with Crippen molar-refractivity contribution >= 4 is 13.7 Å². The van der Waals surface area contributed by atoms with E-state index in [0.717, 1.165) is 44.9 Å². The number of unbranched alkanes of at least 4 members (excludes halogenated alkanes) is 36. The van der Waals surface area contributed by atoms with Crippen LogP contribution in [0.15, 0.2) is 48.6 Å². The van der Waals surface area contributed by atoms with Gasteiger partial charge in [0.25, 0.3) is 7.82 Å². The highest BCUT2D eigenvalue weighted by Gasteiger charge is 2.23. The lowest BCUT2D eigenvalue weighted by atomic mass is 10.0. The summed E-state index contributed by atoms with van der Waals surface area (Å²) in [6.07, 6.45) is 69.1. The van der Waals surface area contributed by atoms with Crippen molar-refractivity contribution in [2.24, 2.45) is 0 Å². The van der Waals surface area contributed by atoms with E-state index in [1.54, 1.807) is 6.08 Å². The normalized spacial score (nSPS) is 14.2. The van der Waals surface area contributed by atoms with E-state index >= 15 is 0 Å². The number of aliphatic hydroxyl groups excluding tert-OH is 1. The molecule has 3 atom stereocenters. The van der Waals surface area contributed by atoms with E-state index in [2.05, 4.69) is 55.6 Å². The zero-order valence-corrected chi connectivity index (χ0v) is 47.9. The third-order valence-electron chi connectivity index (χ3n) is 13.5. The van der Waals surface area contributed by atoms with Crippen LogP contribution in [0.4, 0.5) is 0 Å². The summed E-state index contributed by atoms with van der Waals surface area (Å²) >= 11 is 0. The van der Waals surface area contributed by atoms with Gasteiger partial charge in [-0.3, -0.25) is 9.36 Å². The molecule has 0 aliphatic carbocycles. The van der Waals surface area contributed by atoms with Gasteiger partial charge >= 0.3 is 0 Å². The Kier molecular flexibility index (Phi) is 51.2. The number of nitrogens with one attached hydrogen (secondary N) is 1. The summed E-state index contributed by atoms with van der Waals surface area (Å²) in [5.74, 6) is -0.211. The molecule has 0 rings (SSSR count). The number of hydrogen-bond donors (Lipinski definition) is 2. The van der Waals surface area contributed by atoms with Gasteiger partial charge in [-0.1, -0.05) is 255 Å².